The van der Waals surface area contributed by atoms with Crippen LogP contribution in [-0.4, -0.2) is 42.1 Å². The quantitative estimate of drug-likeness (QED) is 0.312. The average Bonchev–Trinajstić information content (AvgIpc) is 3.71. The molecule has 7 nitrogen and oxygen atoms in total. The lowest BCUT2D eigenvalue weighted by Gasteiger charge is -2.34. The van der Waals surface area contributed by atoms with E-state index >= 15 is 4.39 Å². The van der Waals surface area contributed by atoms with Gasteiger partial charge in [-0.15, -0.1) is 0 Å². The molecule has 2 aromatic carbocycles. The molecule has 0 aromatic heterocycles. The van der Waals surface area contributed by atoms with E-state index in [2.05, 4.69) is 48.5 Å². The van der Waals surface area contributed by atoms with Crippen molar-refractivity contribution in [3.63, 3.8) is 0 Å². The van der Waals surface area contributed by atoms with Crippen LogP contribution in [0.15, 0.2) is 36.4 Å². The number of imide groups is 1. The summed E-state index contributed by atoms with van der Waals surface area (Å²) in [4.78, 5) is 37.8. The van der Waals surface area contributed by atoms with Crippen molar-refractivity contribution in [1.82, 2.24) is 15.5 Å². The van der Waals surface area contributed by atoms with Gasteiger partial charge in [0, 0.05) is 56.0 Å². The molecule has 1 aliphatic carbocycles. The number of amides is 2. The van der Waals surface area contributed by atoms with Crippen LogP contribution in [0, 0.1) is 28.5 Å². The van der Waals surface area contributed by atoms with E-state index < -0.39 is 6.04 Å². The number of carbonyl (C=O) groups excluding carboxylic acids is 3. The molecule has 3 N–H and O–H groups in total. The third kappa shape index (κ3) is 6.13. The number of aldehydes is 1. The molecule has 3 atom stereocenters. The Hall–Kier alpha value is -3.10. The summed E-state index contributed by atoms with van der Waals surface area (Å²) in [5, 5.41) is 8.78. The molecular formula is C32H41FN4O3. The number of likely N-dealkylation sites (tertiary alicyclic amines) is 1. The van der Waals surface area contributed by atoms with Gasteiger partial charge in [-0.3, -0.25) is 24.6 Å². The van der Waals surface area contributed by atoms with Gasteiger partial charge >= 0.3 is 0 Å². The van der Waals surface area contributed by atoms with Crippen molar-refractivity contribution in [2.24, 2.45) is 22.7 Å². The van der Waals surface area contributed by atoms with E-state index in [1.54, 1.807) is 18.2 Å². The number of hydrogen-bond acceptors (Lipinski definition) is 6. The van der Waals surface area contributed by atoms with Crippen LogP contribution in [0.3, 0.4) is 0 Å². The molecule has 1 saturated carbocycles. The number of nitrogens with zero attached hydrogens (tertiary/aromatic N) is 1. The predicted octanol–water partition coefficient (Wildman–Crippen LogP) is 4.65. The maximum absolute atomic E-state index is 15.3. The molecule has 3 aliphatic rings. The standard InChI is InChI=1S/C32H41FN4O3/c1-31(2)18-37(19-32(3,4)25-13-24(25)31)16-20-8-9-21(26(33)12-20)14-34-27-7-5-6-22(17-38)23(27)15-35-28-10-11-29(39)36-30(28)40/h5-9,12,17,24-25,28,34-35H,10-11,13-16,18-19H2,1-4H3,(H,36,39,40)/t24?,25?,28-/m1/s1. The maximum atomic E-state index is 15.3. The normalized spacial score (nSPS) is 25.5. The Morgan fingerprint density at radius 3 is 2.42 bits per heavy atom. The number of piperidine rings is 1. The van der Waals surface area contributed by atoms with Crippen LogP contribution in [0.5, 0.6) is 0 Å². The van der Waals surface area contributed by atoms with Crippen molar-refractivity contribution in [2.45, 2.75) is 72.6 Å². The molecule has 2 aromatic rings. The van der Waals surface area contributed by atoms with Gasteiger partial charge in [-0.2, -0.15) is 0 Å². The molecule has 2 heterocycles. The fourth-order valence-corrected chi connectivity index (χ4v) is 6.95. The van der Waals surface area contributed by atoms with Gasteiger partial charge in [0.15, 0.2) is 0 Å². The molecule has 214 valence electrons. The van der Waals surface area contributed by atoms with Gasteiger partial charge in [0.1, 0.15) is 12.1 Å². The van der Waals surface area contributed by atoms with Crippen LogP contribution in [0.2, 0.25) is 0 Å². The van der Waals surface area contributed by atoms with Crippen molar-refractivity contribution in [2.75, 3.05) is 18.4 Å². The first-order valence-electron chi connectivity index (χ1n) is 14.3. The topological polar surface area (TPSA) is 90.5 Å². The van der Waals surface area contributed by atoms with Gasteiger partial charge in [-0.05, 0) is 58.8 Å². The highest BCUT2D eigenvalue weighted by atomic mass is 19.1. The third-order valence-electron chi connectivity index (χ3n) is 9.16. The maximum Gasteiger partial charge on any atom is 0.243 e. The minimum absolute atomic E-state index is 0.254. The molecule has 2 saturated heterocycles. The Labute approximate surface area is 236 Å². The fraction of sp³-hybridized carbons (Fsp3) is 0.531. The Balaban J connectivity index is 1.24. The molecule has 2 amide bonds. The lowest BCUT2D eigenvalue weighted by molar-refractivity contribution is -0.134. The van der Waals surface area contributed by atoms with Crippen LogP contribution in [0.1, 0.15) is 74.0 Å². The summed E-state index contributed by atoms with van der Waals surface area (Å²) in [6.45, 7) is 12.8. The second-order valence-corrected chi connectivity index (χ2v) is 13.2. The van der Waals surface area contributed by atoms with E-state index in [9.17, 15) is 14.4 Å². The monoisotopic (exact) mass is 548 g/mol. The lowest BCUT2D eigenvalue weighted by atomic mass is 9.81. The first kappa shape index (κ1) is 28.4. The molecule has 40 heavy (non-hydrogen) atoms. The van der Waals surface area contributed by atoms with Gasteiger partial charge in [0.05, 0.1) is 6.04 Å². The van der Waals surface area contributed by atoms with E-state index in [0.717, 1.165) is 43.3 Å². The molecular weight excluding hydrogens is 507 g/mol. The zero-order valence-corrected chi connectivity index (χ0v) is 24.0. The van der Waals surface area contributed by atoms with E-state index in [1.165, 1.54) is 6.42 Å². The first-order valence-corrected chi connectivity index (χ1v) is 14.3. The van der Waals surface area contributed by atoms with Gasteiger partial charge in [-0.25, -0.2) is 4.39 Å². The summed E-state index contributed by atoms with van der Waals surface area (Å²) in [6, 6.07) is 10.3. The molecule has 3 fully saturated rings. The molecule has 8 heteroatoms. The van der Waals surface area contributed by atoms with Crippen LogP contribution < -0.4 is 16.0 Å². The van der Waals surface area contributed by atoms with E-state index in [4.69, 9.17) is 0 Å². The van der Waals surface area contributed by atoms with Crippen molar-refractivity contribution < 1.29 is 18.8 Å². The number of benzene rings is 2. The van der Waals surface area contributed by atoms with Gasteiger partial charge in [0.2, 0.25) is 11.8 Å². The molecule has 2 unspecified atom stereocenters. The lowest BCUT2D eigenvalue weighted by Crippen LogP contribution is -2.50. The zero-order chi connectivity index (χ0) is 28.7. The summed E-state index contributed by atoms with van der Waals surface area (Å²) >= 11 is 0. The SMILES string of the molecule is CC1(C)CN(Cc2ccc(CNc3cccc(C=O)c3CN[C@@H]3CCC(=O)NC3=O)c(F)c2)CC(C)(C)C2CC21. The first-order chi connectivity index (χ1) is 19.0. The molecule has 0 bridgehead atoms. The van der Waals surface area contributed by atoms with E-state index in [0.29, 0.717) is 28.8 Å². The van der Waals surface area contributed by atoms with Crippen molar-refractivity contribution in [3.05, 3.63) is 64.5 Å². The summed E-state index contributed by atoms with van der Waals surface area (Å²) < 4.78 is 15.3. The van der Waals surface area contributed by atoms with Crippen LogP contribution >= 0.6 is 0 Å². The third-order valence-corrected chi connectivity index (χ3v) is 9.16. The largest absolute Gasteiger partial charge is 0.381 e. The number of anilines is 1. The summed E-state index contributed by atoms with van der Waals surface area (Å²) in [5.74, 6) is 0.665. The number of rotatable bonds is 9. The number of nitrogens with one attached hydrogen (secondary N) is 3. The van der Waals surface area contributed by atoms with Gasteiger partial charge in [-0.1, -0.05) is 52.0 Å². The van der Waals surface area contributed by atoms with Crippen LogP contribution in [0.25, 0.3) is 0 Å². The molecule has 2 aliphatic heterocycles. The van der Waals surface area contributed by atoms with Gasteiger partial charge in [0.25, 0.3) is 0 Å². The number of fused-ring (bicyclic) bond motifs is 1. The van der Waals surface area contributed by atoms with E-state index in [-0.39, 0.29) is 48.0 Å². The Bertz CT molecular complexity index is 1290. The molecule has 0 radical (unpaired) electrons. The Kier molecular flexibility index (Phi) is 7.86. The Morgan fingerprint density at radius 2 is 1.77 bits per heavy atom. The highest BCUT2D eigenvalue weighted by Gasteiger charge is 2.56. The molecule has 5 rings (SSSR count). The zero-order valence-electron chi connectivity index (χ0n) is 24.0. The van der Waals surface area contributed by atoms with Crippen LogP contribution in [-0.2, 0) is 29.2 Å². The molecule has 0 spiro atoms. The highest BCUT2D eigenvalue weighted by Crippen LogP contribution is 2.61. The van der Waals surface area contributed by atoms with Crippen LogP contribution in [0.4, 0.5) is 10.1 Å². The second kappa shape index (κ2) is 11.1. The summed E-state index contributed by atoms with van der Waals surface area (Å²) in [7, 11) is 0. The average molecular weight is 549 g/mol. The number of carbonyl (C=O) groups is 3. The van der Waals surface area contributed by atoms with E-state index in [1.807, 2.05) is 18.2 Å². The number of halogens is 1. The predicted molar refractivity (Wildman–Crippen MR) is 153 cm³/mol. The second-order valence-electron chi connectivity index (χ2n) is 13.2. The smallest absolute Gasteiger partial charge is 0.243 e. The number of hydrogen-bond donors (Lipinski definition) is 3. The fourth-order valence-electron chi connectivity index (χ4n) is 6.95. The van der Waals surface area contributed by atoms with Crippen molar-refractivity contribution in [1.29, 1.82) is 0 Å². The minimum Gasteiger partial charge on any atom is -0.381 e. The van der Waals surface area contributed by atoms with Crippen molar-refractivity contribution in [3.8, 4) is 0 Å². The van der Waals surface area contributed by atoms with Crippen molar-refractivity contribution >= 4 is 23.8 Å². The minimum atomic E-state index is -0.513. The van der Waals surface area contributed by atoms with Gasteiger partial charge < -0.3 is 10.6 Å². The summed E-state index contributed by atoms with van der Waals surface area (Å²) in [6.07, 6.45) is 2.78. The summed E-state index contributed by atoms with van der Waals surface area (Å²) in [5.41, 5.74) is 3.93. The highest BCUT2D eigenvalue weighted by molar-refractivity contribution is 6.00. The Morgan fingerprint density at radius 1 is 1.05 bits per heavy atom.